The second kappa shape index (κ2) is 15.6. The molecule has 1 atom stereocenters. The molecule has 216 valence electrons. The van der Waals surface area contributed by atoms with E-state index in [1.165, 1.54) is 23.4 Å². The maximum Gasteiger partial charge on any atom is 0.276 e. The number of benzene rings is 1. The molecule has 0 radical (unpaired) electrons. The van der Waals surface area contributed by atoms with Gasteiger partial charge in [0.25, 0.3) is 5.92 Å². The van der Waals surface area contributed by atoms with E-state index in [4.69, 9.17) is 5.73 Å². The maximum absolute atomic E-state index is 15.3. The van der Waals surface area contributed by atoms with Crippen LogP contribution in [0.4, 0.5) is 8.78 Å². The van der Waals surface area contributed by atoms with Crippen LogP contribution in [0.2, 0.25) is 0 Å². The zero-order valence-electron chi connectivity index (χ0n) is 23.8. The van der Waals surface area contributed by atoms with Crippen molar-refractivity contribution in [2.75, 3.05) is 39.8 Å². The van der Waals surface area contributed by atoms with Crippen LogP contribution < -0.4 is 5.73 Å². The van der Waals surface area contributed by atoms with Crippen molar-refractivity contribution >= 4 is 24.4 Å². The summed E-state index contributed by atoms with van der Waals surface area (Å²) in [4.78, 5) is 38.2. The van der Waals surface area contributed by atoms with E-state index in [1.54, 1.807) is 51.1 Å². The molecule has 10 heteroatoms. The fraction of sp³-hybridized carbons (Fsp3) is 0.586. The summed E-state index contributed by atoms with van der Waals surface area (Å²) in [5.74, 6) is -3.48. The molecule has 0 bridgehead atoms. The van der Waals surface area contributed by atoms with Crippen LogP contribution in [-0.2, 0) is 15.5 Å². The second-order valence-corrected chi connectivity index (χ2v) is 10.0. The van der Waals surface area contributed by atoms with Gasteiger partial charge in [-0.25, -0.2) is 18.8 Å². The van der Waals surface area contributed by atoms with Crippen LogP contribution in [0.3, 0.4) is 0 Å². The van der Waals surface area contributed by atoms with Gasteiger partial charge in [-0.3, -0.25) is 14.5 Å². The molecule has 2 rings (SSSR count). The first-order valence-electron chi connectivity index (χ1n) is 13.7. The van der Waals surface area contributed by atoms with Crippen LogP contribution in [0, 0.1) is 5.92 Å². The number of nitrogens with two attached hydrogens (primary N) is 1. The first-order valence-corrected chi connectivity index (χ1v) is 13.7. The van der Waals surface area contributed by atoms with E-state index in [0.717, 1.165) is 0 Å². The highest BCUT2D eigenvalue weighted by Crippen LogP contribution is 2.42. The van der Waals surface area contributed by atoms with Gasteiger partial charge in [-0.2, -0.15) is 0 Å². The van der Waals surface area contributed by atoms with Crippen LogP contribution in [0.5, 0.6) is 0 Å². The Kier molecular flexibility index (Phi) is 12.9. The van der Waals surface area contributed by atoms with E-state index in [0.29, 0.717) is 69.8 Å². The lowest BCUT2D eigenvalue weighted by molar-refractivity contribution is -0.132. The number of likely N-dealkylation sites (tertiary alicyclic amines) is 1. The van der Waals surface area contributed by atoms with Crippen molar-refractivity contribution in [2.45, 2.75) is 64.8 Å². The molecule has 0 aliphatic carbocycles. The van der Waals surface area contributed by atoms with E-state index in [1.807, 2.05) is 0 Å². The van der Waals surface area contributed by atoms with Crippen molar-refractivity contribution in [1.82, 2.24) is 14.7 Å². The minimum Gasteiger partial charge on any atom is -0.344 e. The summed E-state index contributed by atoms with van der Waals surface area (Å²) in [7, 11) is 1.75. The zero-order chi connectivity index (χ0) is 29.0. The molecule has 1 aliphatic heterocycles. The van der Waals surface area contributed by atoms with Gasteiger partial charge in [0, 0.05) is 63.3 Å². The van der Waals surface area contributed by atoms with Crippen LogP contribution >= 0.6 is 0 Å². The minimum absolute atomic E-state index is 0.0287. The number of carbonyl (C=O) groups excluding carboxylic acids is 2. The lowest BCUT2D eigenvalue weighted by Gasteiger charge is -2.36. The molecule has 0 unspecified atom stereocenters. The third kappa shape index (κ3) is 9.61. The number of carbonyl (C=O) groups is 2. The molecule has 8 nitrogen and oxygen atoms in total. The molecule has 1 heterocycles. The molecule has 0 aromatic heterocycles. The van der Waals surface area contributed by atoms with Crippen molar-refractivity contribution in [3.8, 4) is 0 Å². The van der Waals surface area contributed by atoms with Gasteiger partial charge in [0.2, 0.25) is 11.8 Å². The Hall–Kier alpha value is -2.98. The standard InChI is InChI=1S/C29H44F2N6O2/c1-6-27(38)37(23(4)34-21-33-7-2)15-9-12-28(39)35(5)18-19-36-16-13-25(14-17-36)29(30,31)26-11-8-10-24(20-26)22(3)32/h7-8,10-11,20-22,25H,4,6,9,12-19,32H2,1-3,5H3/b33-7?,34-21-/t22-/m1/s1. The maximum atomic E-state index is 15.3. The first kappa shape index (κ1) is 32.2. The Morgan fingerprint density at radius 1 is 1.26 bits per heavy atom. The number of nitrogens with zero attached hydrogens (tertiary/aromatic N) is 5. The fourth-order valence-electron chi connectivity index (χ4n) is 4.60. The second-order valence-electron chi connectivity index (χ2n) is 10.0. The van der Waals surface area contributed by atoms with E-state index < -0.39 is 11.8 Å². The molecule has 2 amide bonds. The zero-order valence-corrected chi connectivity index (χ0v) is 23.8. The van der Waals surface area contributed by atoms with Crippen molar-refractivity contribution in [2.24, 2.45) is 21.6 Å². The Balaban J connectivity index is 1.79. The third-order valence-electron chi connectivity index (χ3n) is 7.18. The number of alkyl halides is 2. The molecular weight excluding hydrogens is 502 g/mol. The van der Waals surface area contributed by atoms with Gasteiger partial charge in [-0.15, -0.1) is 0 Å². The van der Waals surface area contributed by atoms with Gasteiger partial charge in [0.1, 0.15) is 12.2 Å². The topological polar surface area (TPSA) is 94.6 Å². The Morgan fingerprint density at radius 2 is 1.95 bits per heavy atom. The van der Waals surface area contributed by atoms with Gasteiger partial charge < -0.3 is 15.5 Å². The molecule has 1 fully saturated rings. The number of rotatable bonds is 14. The molecule has 1 aromatic carbocycles. The summed E-state index contributed by atoms with van der Waals surface area (Å²) in [6.07, 6.45) is 4.77. The average molecular weight is 547 g/mol. The van der Waals surface area contributed by atoms with Crippen LogP contribution in [0.1, 0.15) is 70.0 Å². The predicted molar refractivity (Wildman–Crippen MR) is 153 cm³/mol. The van der Waals surface area contributed by atoms with Crippen molar-refractivity contribution in [3.63, 3.8) is 0 Å². The van der Waals surface area contributed by atoms with Gasteiger partial charge >= 0.3 is 0 Å². The largest absolute Gasteiger partial charge is 0.344 e. The summed E-state index contributed by atoms with van der Waals surface area (Å²) in [5.41, 5.74) is 6.63. The van der Waals surface area contributed by atoms with Crippen LogP contribution in [0.25, 0.3) is 0 Å². The Morgan fingerprint density at radius 3 is 2.56 bits per heavy atom. The number of amides is 2. The molecule has 0 spiro atoms. The van der Waals surface area contributed by atoms with Crippen molar-refractivity contribution in [1.29, 1.82) is 0 Å². The highest BCUT2D eigenvalue weighted by molar-refractivity contribution is 5.79. The smallest absolute Gasteiger partial charge is 0.276 e. The van der Waals surface area contributed by atoms with E-state index in [9.17, 15) is 9.59 Å². The number of piperidine rings is 1. The molecule has 1 saturated heterocycles. The van der Waals surface area contributed by atoms with E-state index >= 15 is 8.78 Å². The van der Waals surface area contributed by atoms with E-state index in [-0.39, 0.29) is 29.8 Å². The number of likely N-dealkylation sites (N-methyl/N-ethyl adjacent to an activating group) is 1. The van der Waals surface area contributed by atoms with Crippen LogP contribution in [-0.4, -0.2) is 78.8 Å². The first-order chi connectivity index (χ1) is 18.5. The highest BCUT2D eigenvalue weighted by Gasteiger charge is 2.42. The molecule has 2 N–H and O–H groups in total. The number of hydrogen-bond donors (Lipinski definition) is 1. The lowest BCUT2D eigenvalue weighted by Crippen LogP contribution is -2.43. The summed E-state index contributed by atoms with van der Waals surface area (Å²) in [6, 6.07) is 6.15. The van der Waals surface area contributed by atoms with Gasteiger partial charge in [0.05, 0.1) is 0 Å². The highest BCUT2D eigenvalue weighted by atomic mass is 19.3. The van der Waals surface area contributed by atoms with Crippen LogP contribution in [0.15, 0.2) is 46.7 Å². The monoisotopic (exact) mass is 546 g/mol. The van der Waals surface area contributed by atoms with Gasteiger partial charge in [-0.05, 0) is 57.8 Å². The normalized spacial score (nSPS) is 16.1. The quantitative estimate of drug-likeness (QED) is 0.273. The number of halogens is 2. The summed E-state index contributed by atoms with van der Waals surface area (Å²) in [5, 5.41) is 0. The molecule has 1 aliphatic rings. The lowest BCUT2D eigenvalue weighted by atomic mass is 9.85. The number of hydrogen-bond acceptors (Lipinski definition) is 5. The Labute approximate surface area is 231 Å². The summed E-state index contributed by atoms with van der Waals surface area (Å²) < 4.78 is 30.5. The number of aliphatic imine (C=N–C) groups is 2. The average Bonchev–Trinajstić information content (AvgIpc) is 2.93. The SMILES string of the molecule is C=C(/N=C\N=CC)N(CCCC(=O)N(C)CCN1CCC(C(F)(F)c2cccc([C@@H](C)N)c2)CC1)C(=O)CC. The summed E-state index contributed by atoms with van der Waals surface area (Å²) >= 11 is 0. The van der Waals surface area contributed by atoms with Crippen molar-refractivity contribution < 1.29 is 18.4 Å². The fourth-order valence-corrected chi connectivity index (χ4v) is 4.60. The van der Waals surface area contributed by atoms with Gasteiger partial charge in [-0.1, -0.05) is 31.7 Å². The molecule has 0 saturated carbocycles. The molecule has 39 heavy (non-hydrogen) atoms. The van der Waals surface area contributed by atoms with Gasteiger partial charge in [0.15, 0.2) is 0 Å². The van der Waals surface area contributed by atoms with E-state index in [2.05, 4.69) is 21.5 Å². The molecular formula is C29H44F2N6O2. The Bertz CT molecular complexity index is 1020. The predicted octanol–water partition coefficient (Wildman–Crippen LogP) is 4.58. The molecule has 1 aromatic rings. The van der Waals surface area contributed by atoms with Crippen molar-refractivity contribution in [3.05, 3.63) is 47.8 Å². The summed E-state index contributed by atoms with van der Waals surface area (Å²) in [6.45, 7) is 11.8. The minimum atomic E-state index is -2.91. The third-order valence-corrected chi connectivity index (χ3v) is 7.18.